The van der Waals surface area contributed by atoms with Crippen LogP contribution >= 0.6 is 11.6 Å². The zero-order valence-electron chi connectivity index (χ0n) is 9.39. The average Bonchev–Trinajstić information content (AvgIpc) is 2.81. The fourth-order valence-electron chi connectivity index (χ4n) is 1.91. The lowest BCUT2D eigenvalue weighted by Gasteiger charge is -2.18. The van der Waals surface area contributed by atoms with Gasteiger partial charge in [-0.1, -0.05) is 11.6 Å². The van der Waals surface area contributed by atoms with Crippen molar-refractivity contribution in [3.05, 3.63) is 11.3 Å². The molecule has 1 fully saturated rings. The van der Waals surface area contributed by atoms with E-state index in [0.29, 0.717) is 23.9 Å². The fraction of sp³-hybridized carbons (Fsp3) is 0.500. The van der Waals surface area contributed by atoms with Crippen molar-refractivity contribution in [2.75, 3.05) is 30.8 Å². The van der Waals surface area contributed by atoms with Crippen LogP contribution in [0.2, 0.25) is 5.02 Å². The smallest absolute Gasteiger partial charge is 0.310 e. The van der Waals surface area contributed by atoms with Gasteiger partial charge in [0.2, 0.25) is 0 Å². The molecule has 1 aliphatic rings. The lowest BCUT2D eigenvalue weighted by atomic mass is 10.1. The first-order valence-corrected chi connectivity index (χ1v) is 5.60. The number of esters is 1. The van der Waals surface area contributed by atoms with Gasteiger partial charge in [-0.25, -0.2) is 9.97 Å². The molecule has 1 saturated heterocycles. The second-order valence-corrected chi connectivity index (χ2v) is 4.23. The van der Waals surface area contributed by atoms with Crippen LogP contribution in [0.1, 0.15) is 6.42 Å². The van der Waals surface area contributed by atoms with Gasteiger partial charge in [0.1, 0.15) is 17.2 Å². The zero-order valence-corrected chi connectivity index (χ0v) is 10.1. The number of nitrogen functional groups attached to an aromatic ring is 1. The normalized spacial score (nSPS) is 19.4. The molecule has 17 heavy (non-hydrogen) atoms. The molecule has 1 aromatic rings. The minimum atomic E-state index is -0.203. The number of hydrogen-bond acceptors (Lipinski definition) is 6. The molecule has 1 unspecified atom stereocenters. The molecule has 92 valence electrons. The molecule has 0 bridgehead atoms. The quantitative estimate of drug-likeness (QED) is 0.785. The van der Waals surface area contributed by atoms with Gasteiger partial charge in [-0.3, -0.25) is 4.79 Å². The first-order valence-electron chi connectivity index (χ1n) is 5.22. The summed E-state index contributed by atoms with van der Waals surface area (Å²) in [5, 5.41) is 0.331. The van der Waals surface area contributed by atoms with Gasteiger partial charge in [0.15, 0.2) is 5.82 Å². The summed E-state index contributed by atoms with van der Waals surface area (Å²) in [5.41, 5.74) is 5.61. The van der Waals surface area contributed by atoms with Gasteiger partial charge < -0.3 is 15.4 Å². The highest BCUT2D eigenvalue weighted by Crippen LogP contribution is 2.31. The van der Waals surface area contributed by atoms with Gasteiger partial charge in [0.05, 0.1) is 13.0 Å². The molecule has 1 aliphatic heterocycles. The number of halogens is 1. The third-order valence-corrected chi connectivity index (χ3v) is 3.18. The van der Waals surface area contributed by atoms with E-state index in [1.165, 1.54) is 13.4 Å². The van der Waals surface area contributed by atoms with Crippen molar-refractivity contribution in [1.29, 1.82) is 0 Å². The predicted molar refractivity (Wildman–Crippen MR) is 63.8 cm³/mol. The molecule has 6 nitrogen and oxygen atoms in total. The lowest BCUT2D eigenvalue weighted by Crippen LogP contribution is -2.24. The summed E-state index contributed by atoms with van der Waals surface area (Å²) < 4.78 is 4.72. The van der Waals surface area contributed by atoms with Crippen molar-refractivity contribution in [2.24, 2.45) is 5.92 Å². The van der Waals surface area contributed by atoms with Crippen molar-refractivity contribution in [1.82, 2.24) is 9.97 Å². The van der Waals surface area contributed by atoms with Crippen molar-refractivity contribution >= 4 is 29.2 Å². The molecule has 0 saturated carbocycles. The van der Waals surface area contributed by atoms with Gasteiger partial charge >= 0.3 is 5.97 Å². The Morgan fingerprint density at radius 3 is 3.12 bits per heavy atom. The highest BCUT2D eigenvalue weighted by Gasteiger charge is 2.31. The van der Waals surface area contributed by atoms with Crippen LogP contribution in [0.25, 0.3) is 0 Å². The Labute approximate surface area is 104 Å². The number of ether oxygens (including phenoxy) is 1. The van der Waals surface area contributed by atoms with Crippen molar-refractivity contribution in [3.8, 4) is 0 Å². The number of nitrogens with zero attached hydrogens (tertiary/aromatic N) is 3. The molecule has 7 heteroatoms. The molecule has 0 aromatic carbocycles. The van der Waals surface area contributed by atoms with Gasteiger partial charge in [0, 0.05) is 13.1 Å². The summed E-state index contributed by atoms with van der Waals surface area (Å²) in [4.78, 5) is 21.2. The summed E-state index contributed by atoms with van der Waals surface area (Å²) in [7, 11) is 1.39. The van der Waals surface area contributed by atoms with Gasteiger partial charge in [-0.2, -0.15) is 0 Å². The number of rotatable bonds is 2. The Bertz CT molecular complexity index is 440. The number of carbonyl (C=O) groups excluding carboxylic acids is 1. The molecule has 0 spiro atoms. The number of anilines is 2. The minimum Gasteiger partial charge on any atom is -0.469 e. The Morgan fingerprint density at radius 2 is 2.41 bits per heavy atom. The first kappa shape index (κ1) is 11.9. The summed E-state index contributed by atoms with van der Waals surface area (Å²) in [6.45, 7) is 1.25. The SMILES string of the molecule is COC(=O)C1CCN(c2ncnc(N)c2Cl)C1. The van der Waals surface area contributed by atoms with Crippen molar-refractivity contribution in [3.63, 3.8) is 0 Å². The molecule has 1 atom stereocenters. The number of aromatic nitrogens is 2. The summed E-state index contributed by atoms with van der Waals surface area (Å²) >= 11 is 6.03. The Balaban J connectivity index is 2.15. The van der Waals surface area contributed by atoms with Crippen LogP contribution in [-0.2, 0) is 9.53 Å². The molecule has 1 aromatic heterocycles. The minimum absolute atomic E-state index is 0.132. The van der Waals surface area contributed by atoms with Crippen LogP contribution in [-0.4, -0.2) is 36.1 Å². The van der Waals surface area contributed by atoms with Crippen LogP contribution in [0.15, 0.2) is 6.33 Å². The predicted octanol–water partition coefficient (Wildman–Crippen LogP) is 0.711. The molecule has 0 aliphatic carbocycles. The largest absolute Gasteiger partial charge is 0.469 e. The van der Waals surface area contributed by atoms with Crippen molar-refractivity contribution < 1.29 is 9.53 Å². The number of methoxy groups -OCH3 is 1. The number of nitrogens with two attached hydrogens (primary N) is 1. The Morgan fingerprint density at radius 1 is 1.65 bits per heavy atom. The maximum Gasteiger partial charge on any atom is 0.310 e. The summed E-state index contributed by atoms with van der Waals surface area (Å²) in [5.74, 6) is 0.488. The molecule has 2 rings (SSSR count). The van der Waals surface area contributed by atoms with E-state index in [1.807, 2.05) is 4.90 Å². The summed E-state index contributed by atoms with van der Waals surface area (Å²) in [6.07, 6.45) is 2.09. The Hall–Kier alpha value is -1.56. The maximum atomic E-state index is 11.4. The van der Waals surface area contributed by atoms with E-state index in [9.17, 15) is 4.79 Å². The van der Waals surface area contributed by atoms with E-state index in [-0.39, 0.29) is 17.7 Å². The topological polar surface area (TPSA) is 81.3 Å². The van der Waals surface area contributed by atoms with E-state index in [1.54, 1.807) is 0 Å². The van der Waals surface area contributed by atoms with Crippen LogP contribution in [0.4, 0.5) is 11.6 Å². The van der Waals surface area contributed by atoms with E-state index in [2.05, 4.69) is 9.97 Å². The van der Waals surface area contributed by atoms with E-state index < -0.39 is 0 Å². The van der Waals surface area contributed by atoms with E-state index in [4.69, 9.17) is 22.1 Å². The average molecular weight is 257 g/mol. The van der Waals surface area contributed by atoms with E-state index >= 15 is 0 Å². The number of carbonyl (C=O) groups is 1. The molecule has 0 radical (unpaired) electrons. The third kappa shape index (κ3) is 2.26. The van der Waals surface area contributed by atoms with Crippen LogP contribution in [0, 0.1) is 5.92 Å². The second kappa shape index (κ2) is 4.75. The molecular formula is C10H13ClN4O2. The second-order valence-electron chi connectivity index (χ2n) is 3.85. The van der Waals surface area contributed by atoms with Crippen LogP contribution < -0.4 is 10.6 Å². The standard InChI is InChI=1S/C10H13ClN4O2/c1-17-10(16)6-2-3-15(4-6)9-7(11)8(12)13-5-14-9/h5-6H,2-4H2,1H3,(H2,12,13,14). The summed E-state index contributed by atoms with van der Waals surface area (Å²) in [6, 6.07) is 0. The third-order valence-electron chi connectivity index (χ3n) is 2.82. The van der Waals surface area contributed by atoms with Gasteiger partial charge in [0.25, 0.3) is 0 Å². The van der Waals surface area contributed by atoms with Crippen LogP contribution in [0.3, 0.4) is 0 Å². The maximum absolute atomic E-state index is 11.4. The monoisotopic (exact) mass is 256 g/mol. The van der Waals surface area contributed by atoms with Crippen LogP contribution in [0.5, 0.6) is 0 Å². The Kier molecular flexibility index (Phi) is 3.33. The molecular weight excluding hydrogens is 244 g/mol. The highest BCUT2D eigenvalue weighted by molar-refractivity contribution is 6.35. The van der Waals surface area contributed by atoms with Crippen molar-refractivity contribution in [2.45, 2.75) is 6.42 Å². The lowest BCUT2D eigenvalue weighted by molar-refractivity contribution is -0.144. The van der Waals surface area contributed by atoms with E-state index in [0.717, 1.165) is 6.42 Å². The zero-order chi connectivity index (χ0) is 12.4. The molecule has 0 amide bonds. The van der Waals surface area contributed by atoms with Gasteiger partial charge in [-0.05, 0) is 6.42 Å². The fourth-order valence-corrected chi connectivity index (χ4v) is 2.12. The molecule has 2 heterocycles. The molecule has 2 N–H and O–H groups in total. The van der Waals surface area contributed by atoms with Gasteiger partial charge in [-0.15, -0.1) is 0 Å². The first-order chi connectivity index (χ1) is 8.13. The number of hydrogen-bond donors (Lipinski definition) is 1. The highest BCUT2D eigenvalue weighted by atomic mass is 35.5.